The molecule has 0 bridgehead atoms. The van der Waals surface area contributed by atoms with Gasteiger partial charge >= 0.3 is 5.97 Å². The molecule has 1 fully saturated rings. The lowest BCUT2D eigenvalue weighted by molar-refractivity contribution is 0.0248. The van der Waals surface area contributed by atoms with Crippen LogP contribution in [0.5, 0.6) is 0 Å². The van der Waals surface area contributed by atoms with Crippen LogP contribution in [-0.2, 0) is 11.3 Å². The molecule has 3 rings (SSSR count). The zero-order valence-corrected chi connectivity index (χ0v) is 15.8. The summed E-state index contributed by atoms with van der Waals surface area (Å²) in [4.78, 5) is 23.5. The van der Waals surface area contributed by atoms with Crippen molar-refractivity contribution < 1.29 is 19.0 Å². The Balaban J connectivity index is 0.00000261. The first-order valence-corrected chi connectivity index (χ1v) is 8.55. The van der Waals surface area contributed by atoms with Gasteiger partial charge in [-0.2, -0.15) is 0 Å². The highest BCUT2D eigenvalue weighted by Crippen LogP contribution is 2.30. The lowest BCUT2D eigenvalue weighted by Crippen LogP contribution is -2.33. The smallest absolute Gasteiger partial charge is 0.341 e. The van der Waals surface area contributed by atoms with E-state index in [0.717, 1.165) is 0 Å². The number of nitrogens with zero attached hydrogens (tertiary/aromatic N) is 1. The van der Waals surface area contributed by atoms with E-state index < -0.39 is 23.4 Å². The second-order valence-corrected chi connectivity index (χ2v) is 6.52. The molecule has 2 N–H and O–H groups in total. The number of pyridine rings is 1. The maximum atomic E-state index is 13.9. The predicted octanol–water partition coefficient (Wildman–Crippen LogP) is 2.74. The van der Waals surface area contributed by atoms with E-state index in [1.54, 1.807) is 12.3 Å². The van der Waals surface area contributed by atoms with E-state index >= 15 is 0 Å². The Morgan fingerprint density at radius 1 is 1.41 bits per heavy atom. The maximum Gasteiger partial charge on any atom is 0.341 e. The average molecular weight is 417 g/mol. The number of rotatable bonds is 4. The third kappa shape index (κ3) is 4.87. The molecule has 0 saturated carbocycles. The fraction of sp³-hybridized carbons (Fsp3) is 0.333. The number of hydrogen-bond donors (Lipinski definition) is 2. The zero-order chi connectivity index (χ0) is 18.7. The topological polar surface area (TPSA) is 80.6 Å². The molecule has 0 amide bonds. The van der Waals surface area contributed by atoms with Gasteiger partial charge in [-0.05, 0) is 29.8 Å². The molecule has 0 aliphatic carbocycles. The van der Waals surface area contributed by atoms with Crippen LogP contribution in [0.25, 0.3) is 0 Å². The second-order valence-electron chi connectivity index (χ2n) is 6.11. The van der Waals surface area contributed by atoms with Crippen molar-refractivity contribution in [1.82, 2.24) is 9.88 Å². The summed E-state index contributed by atoms with van der Waals surface area (Å²) in [5.41, 5.74) is -0.239. The molecule has 1 aromatic heterocycles. The van der Waals surface area contributed by atoms with Gasteiger partial charge in [0.1, 0.15) is 11.4 Å². The van der Waals surface area contributed by atoms with Gasteiger partial charge in [0, 0.05) is 31.7 Å². The molecule has 1 aromatic carbocycles. The Bertz CT molecular complexity index is 875. The van der Waals surface area contributed by atoms with Crippen LogP contribution in [0, 0.1) is 11.7 Å². The monoisotopic (exact) mass is 416 g/mol. The summed E-state index contributed by atoms with van der Waals surface area (Å²) in [6, 6.07) is 7.30. The largest absolute Gasteiger partial charge is 0.477 e. The third-order valence-electron chi connectivity index (χ3n) is 4.36. The van der Waals surface area contributed by atoms with Crippen LogP contribution in [-0.4, -0.2) is 35.3 Å². The highest BCUT2D eigenvalue weighted by atomic mass is 35.5. The summed E-state index contributed by atoms with van der Waals surface area (Å²) >= 11 is 5.76. The molecule has 2 heterocycles. The van der Waals surface area contributed by atoms with Crippen molar-refractivity contribution in [3.63, 3.8) is 0 Å². The van der Waals surface area contributed by atoms with E-state index in [0.29, 0.717) is 25.3 Å². The number of carbonyl (C=O) groups is 1. The molecule has 1 aliphatic rings. The van der Waals surface area contributed by atoms with Crippen molar-refractivity contribution in [3.8, 4) is 0 Å². The Labute approximate surface area is 166 Å². The predicted molar refractivity (Wildman–Crippen MR) is 101 cm³/mol. The van der Waals surface area contributed by atoms with E-state index in [1.807, 2.05) is 0 Å². The summed E-state index contributed by atoms with van der Waals surface area (Å²) in [6.45, 7) is 1.85. The standard InChI is InChI=1S/C18H18ClFN2O4.ClH/c19-14-4-3-11(8-15(14)20)16-12(9-21-5-7-26-16)10-22-6-1-2-13(17(22)23)18(24)25;/h1-4,6,8,12,16,21H,5,7,9-10H2,(H,24,25);1H/t12-,16+;/m1./s1. The van der Waals surface area contributed by atoms with Crippen LogP contribution >= 0.6 is 24.0 Å². The van der Waals surface area contributed by atoms with Gasteiger partial charge in [-0.15, -0.1) is 12.4 Å². The van der Waals surface area contributed by atoms with Gasteiger partial charge in [-0.25, -0.2) is 9.18 Å². The van der Waals surface area contributed by atoms with Crippen molar-refractivity contribution in [1.29, 1.82) is 0 Å². The average Bonchev–Trinajstić information content (AvgIpc) is 2.84. The number of hydrogen-bond acceptors (Lipinski definition) is 4. The minimum atomic E-state index is -1.27. The molecule has 2 atom stereocenters. The molecule has 27 heavy (non-hydrogen) atoms. The SMILES string of the molecule is Cl.O=C(O)c1cccn(C[C@H]2CNCCO[C@H]2c2ccc(Cl)c(F)c2)c1=O. The molecular formula is C18H19Cl2FN2O4. The normalized spacial score (nSPS) is 19.8. The number of aromatic carboxylic acids is 1. The quantitative estimate of drug-likeness (QED) is 0.800. The molecule has 0 spiro atoms. The van der Waals surface area contributed by atoms with Crippen molar-refractivity contribution in [2.75, 3.05) is 19.7 Å². The first-order chi connectivity index (χ1) is 12.5. The highest BCUT2D eigenvalue weighted by Gasteiger charge is 2.28. The van der Waals surface area contributed by atoms with Crippen LogP contribution in [0.15, 0.2) is 41.3 Å². The zero-order valence-electron chi connectivity index (χ0n) is 14.2. The second kappa shape index (κ2) is 9.32. The number of halogens is 3. The Hall–Kier alpha value is -1.93. The van der Waals surface area contributed by atoms with Gasteiger partial charge in [-0.1, -0.05) is 17.7 Å². The first-order valence-electron chi connectivity index (χ1n) is 8.17. The van der Waals surface area contributed by atoms with Crippen molar-refractivity contribution >= 4 is 30.0 Å². The summed E-state index contributed by atoms with van der Waals surface area (Å²) in [5.74, 6) is -2.00. The molecule has 1 aliphatic heterocycles. The Morgan fingerprint density at radius 2 is 2.19 bits per heavy atom. The van der Waals surface area contributed by atoms with Crippen LogP contribution < -0.4 is 10.9 Å². The summed E-state index contributed by atoms with van der Waals surface area (Å²) in [7, 11) is 0. The van der Waals surface area contributed by atoms with E-state index in [-0.39, 0.29) is 35.5 Å². The van der Waals surface area contributed by atoms with Crippen LogP contribution in [0.1, 0.15) is 22.0 Å². The molecular weight excluding hydrogens is 398 g/mol. The van der Waals surface area contributed by atoms with E-state index in [1.165, 1.54) is 28.8 Å². The summed E-state index contributed by atoms with van der Waals surface area (Å²) in [5, 5.41) is 12.4. The van der Waals surface area contributed by atoms with E-state index in [9.17, 15) is 14.0 Å². The third-order valence-corrected chi connectivity index (χ3v) is 4.67. The molecule has 6 nitrogen and oxygen atoms in total. The van der Waals surface area contributed by atoms with Gasteiger partial charge in [0.2, 0.25) is 0 Å². The van der Waals surface area contributed by atoms with Crippen molar-refractivity contribution in [2.45, 2.75) is 12.6 Å². The fourth-order valence-corrected chi connectivity index (χ4v) is 3.22. The molecule has 0 unspecified atom stereocenters. The number of ether oxygens (including phenoxy) is 1. The van der Waals surface area contributed by atoms with E-state index in [4.69, 9.17) is 21.4 Å². The van der Waals surface area contributed by atoms with Gasteiger partial charge < -0.3 is 19.7 Å². The molecule has 0 radical (unpaired) electrons. The maximum absolute atomic E-state index is 13.9. The summed E-state index contributed by atoms with van der Waals surface area (Å²) < 4.78 is 21.1. The van der Waals surface area contributed by atoms with Crippen molar-refractivity contribution in [2.24, 2.45) is 5.92 Å². The first kappa shape index (κ1) is 21.4. The minimum absolute atomic E-state index is 0. The van der Waals surface area contributed by atoms with Gasteiger partial charge in [-0.3, -0.25) is 4.79 Å². The molecule has 9 heteroatoms. The Morgan fingerprint density at radius 3 is 2.89 bits per heavy atom. The number of carboxylic acids is 1. The van der Waals surface area contributed by atoms with E-state index in [2.05, 4.69) is 5.32 Å². The lowest BCUT2D eigenvalue weighted by atomic mass is 9.95. The number of carboxylic acid groups (broad SMARTS) is 1. The minimum Gasteiger partial charge on any atom is -0.477 e. The summed E-state index contributed by atoms with van der Waals surface area (Å²) in [6.07, 6.45) is 1.09. The Kier molecular flexibility index (Phi) is 7.38. The van der Waals surface area contributed by atoms with Crippen LogP contribution in [0.4, 0.5) is 4.39 Å². The molecule has 1 saturated heterocycles. The fourth-order valence-electron chi connectivity index (χ4n) is 3.10. The number of nitrogens with one attached hydrogen (secondary N) is 1. The van der Waals surface area contributed by atoms with Gasteiger partial charge in [0.25, 0.3) is 5.56 Å². The van der Waals surface area contributed by atoms with Gasteiger partial charge in [0.15, 0.2) is 0 Å². The van der Waals surface area contributed by atoms with Crippen LogP contribution in [0.2, 0.25) is 5.02 Å². The number of aromatic nitrogens is 1. The number of benzene rings is 1. The van der Waals surface area contributed by atoms with Crippen LogP contribution in [0.3, 0.4) is 0 Å². The highest BCUT2D eigenvalue weighted by molar-refractivity contribution is 6.30. The molecule has 2 aromatic rings. The van der Waals surface area contributed by atoms with Crippen molar-refractivity contribution in [3.05, 3.63) is 68.8 Å². The molecule has 146 valence electrons. The van der Waals surface area contributed by atoms with Gasteiger partial charge in [0.05, 0.1) is 17.7 Å². The lowest BCUT2D eigenvalue weighted by Gasteiger charge is -2.26.